The number of halogens is 1. The summed E-state index contributed by atoms with van der Waals surface area (Å²) in [6, 6.07) is -0.563. The molecule has 182 valence electrons. The molecule has 2 aliphatic rings. The Bertz CT molecular complexity index is 752. The number of methoxy groups -OCH3 is 1. The van der Waals surface area contributed by atoms with Crippen LogP contribution >= 0.6 is 15.9 Å². The van der Waals surface area contributed by atoms with Crippen molar-refractivity contribution in [1.29, 1.82) is 0 Å². The van der Waals surface area contributed by atoms with E-state index < -0.39 is 47.4 Å². The van der Waals surface area contributed by atoms with Crippen LogP contribution in [0.25, 0.3) is 0 Å². The SMILES string of the molecule is CO[C@H](C(=O)N1C(=O)OC(C)(C)[C@@H]1C(C)C)[C@H]1O[C@](O)(CCCCCCO)C(Br)=CC1=O. The average molecular weight is 520 g/mol. The normalized spacial score (nSPS) is 28.7. The number of unbranched alkanes of at least 4 members (excludes halogenated alkanes) is 3. The van der Waals surface area contributed by atoms with Gasteiger partial charge in [0.2, 0.25) is 0 Å². The quantitative estimate of drug-likeness (QED) is 0.422. The van der Waals surface area contributed by atoms with Crippen LogP contribution in [0.15, 0.2) is 10.6 Å². The Hall–Kier alpha value is -1.33. The Balaban J connectivity index is 2.24. The highest BCUT2D eigenvalue weighted by Crippen LogP contribution is 2.38. The van der Waals surface area contributed by atoms with Gasteiger partial charge in [0.25, 0.3) is 5.91 Å². The van der Waals surface area contributed by atoms with Gasteiger partial charge in [-0.2, -0.15) is 0 Å². The predicted octanol–water partition coefficient (Wildman–Crippen LogP) is 2.66. The average Bonchev–Trinajstić information content (AvgIpc) is 2.94. The molecule has 0 aromatic heterocycles. The second-order valence-electron chi connectivity index (χ2n) is 9.13. The van der Waals surface area contributed by atoms with Crippen LogP contribution in [-0.2, 0) is 23.8 Å². The summed E-state index contributed by atoms with van der Waals surface area (Å²) in [6.07, 6.45) is 0.472. The molecule has 0 aromatic rings. The van der Waals surface area contributed by atoms with Crippen LogP contribution in [0.5, 0.6) is 0 Å². The van der Waals surface area contributed by atoms with E-state index in [0.717, 1.165) is 17.7 Å². The molecule has 4 atom stereocenters. The molecule has 32 heavy (non-hydrogen) atoms. The largest absolute Gasteiger partial charge is 0.441 e. The second kappa shape index (κ2) is 10.7. The van der Waals surface area contributed by atoms with E-state index in [0.29, 0.717) is 12.8 Å². The maximum atomic E-state index is 13.4. The predicted molar refractivity (Wildman–Crippen MR) is 119 cm³/mol. The molecule has 2 aliphatic heterocycles. The number of ketones is 1. The highest BCUT2D eigenvalue weighted by Gasteiger charge is 2.55. The van der Waals surface area contributed by atoms with Crippen LogP contribution < -0.4 is 0 Å². The van der Waals surface area contributed by atoms with Gasteiger partial charge in [0, 0.05) is 20.1 Å². The molecule has 0 bridgehead atoms. The Morgan fingerprint density at radius 3 is 2.44 bits per heavy atom. The first-order valence-electron chi connectivity index (χ1n) is 10.9. The molecular formula is C22H34BrNO8. The summed E-state index contributed by atoms with van der Waals surface area (Å²) in [5, 5.41) is 19.9. The summed E-state index contributed by atoms with van der Waals surface area (Å²) < 4.78 is 16.6. The number of carbonyl (C=O) groups excluding carboxylic acids is 3. The van der Waals surface area contributed by atoms with E-state index in [-0.39, 0.29) is 23.4 Å². The topological polar surface area (TPSA) is 123 Å². The molecule has 0 aliphatic carbocycles. The summed E-state index contributed by atoms with van der Waals surface area (Å²) >= 11 is 3.20. The molecule has 1 fully saturated rings. The second-order valence-corrected chi connectivity index (χ2v) is 9.98. The summed E-state index contributed by atoms with van der Waals surface area (Å²) in [5.74, 6) is -3.23. The van der Waals surface area contributed by atoms with Crippen molar-refractivity contribution < 1.29 is 38.8 Å². The smallest absolute Gasteiger partial charge is 0.417 e. The summed E-state index contributed by atoms with van der Waals surface area (Å²) in [5.41, 5.74) is -0.908. The molecule has 2 amide bonds. The number of ether oxygens (including phenoxy) is 3. The minimum absolute atomic E-state index is 0.103. The Labute approximate surface area is 197 Å². The van der Waals surface area contributed by atoms with Gasteiger partial charge in [0.1, 0.15) is 5.60 Å². The molecule has 0 aromatic carbocycles. The van der Waals surface area contributed by atoms with Crippen molar-refractivity contribution in [3.05, 3.63) is 10.6 Å². The first-order chi connectivity index (χ1) is 14.9. The van der Waals surface area contributed by atoms with E-state index in [1.165, 1.54) is 13.2 Å². The van der Waals surface area contributed by atoms with Gasteiger partial charge in [0.05, 0.1) is 10.5 Å². The van der Waals surface area contributed by atoms with Crippen LogP contribution in [-0.4, -0.2) is 76.3 Å². The number of hydrogen-bond donors (Lipinski definition) is 2. The molecule has 2 rings (SSSR count). The van der Waals surface area contributed by atoms with Crippen LogP contribution in [0.4, 0.5) is 4.79 Å². The van der Waals surface area contributed by atoms with Crippen molar-refractivity contribution in [2.45, 2.75) is 89.4 Å². The third-order valence-corrected chi connectivity index (χ3v) is 6.70. The van der Waals surface area contributed by atoms with Crippen molar-refractivity contribution in [2.24, 2.45) is 5.92 Å². The van der Waals surface area contributed by atoms with E-state index in [2.05, 4.69) is 15.9 Å². The standard InChI is InChI=1S/C22H34BrNO8/c1-13(2)18-21(3,4)32-20(28)24(18)19(27)17(30-5)16-14(26)12-15(23)22(29,31-16)10-8-6-7-9-11-25/h12-13,16-18,25,29H,6-11H2,1-5H3/t16-,17-,18-,22+/m0/s1. The summed E-state index contributed by atoms with van der Waals surface area (Å²) in [6.45, 7) is 7.29. The molecule has 0 unspecified atom stereocenters. The molecule has 1 saturated heterocycles. The number of aliphatic hydroxyl groups is 2. The lowest BCUT2D eigenvalue weighted by atomic mass is 9.88. The number of amides is 2. The fourth-order valence-corrected chi connectivity index (χ4v) is 4.96. The minimum Gasteiger partial charge on any atom is -0.441 e. The van der Waals surface area contributed by atoms with E-state index in [9.17, 15) is 19.5 Å². The zero-order valence-electron chi connectivity index (χ0n) is 19.3. The van der Waals surface area contributed by atoms with Crippen molar-refractivity contribution in [3.8, 4) is 0 Å². The zero-order chi connectivity index (χ0) is 24.3. The van der Waals surface area contributed by atoms with E-state index in [1.807, 2.05) is 13.8 Å². The van der Waals surface area contributed by atoms with Crippen LogP contribution in [0.1, 0.15) is 59.8 Å². The van der Waals surface area contributed by atoms with Gasteiger partial charge in [0.15, 0.2) is 23.8 Å². The van der Waals surface area contributed by atoms with Crippen LogP contribution in [0.3, 0.4) is 0 Å². The third-order valence-electron chi connectivity index (χ3n) is 5.85. The number of aliphatic hydroxyl groups excluding tert-OH is 1. The van der Waals surface area contributed by atoms with Crippen molar-refractivity contribution >= 4 is 33.7 Å². The lowest BCUT2D eigenvalue weighted by Gasteiger charge is -2.38. The molecule has 0 saturated carbocycles. The first kappa shape index (κ1) is 26.9. The lowest BCUT2D eigenvalue weighted by molar-refractivity contribution is -0.227. The van der Waals surface area contributed by atoms with Crippen LogP contribution in [0.2, 0.25) is 0 Å². The van der Waals surface area contributed by atoms with Crippen molar-refractivity contribution in [2.75, 3.05) is 13.7 Å². The van der Waals surface area contributed by atoms with Gasteiger partial charge in [-0.3, -0.25) is 9.59 Å². The molecule has 2 N–H and O–H groups in total. The number of imide groups is 1. The number of carbonyl (C=O) groups is 3. The van der Waals surface area contributed by atoms with Gasteiger partial charge in [-0.1, -0.05) is 26.7 Å². The molecule has 10 heteroatoms. The number of hydrogen-bond acceptors (Lipinski definition) is 8. The first-order valence-corrected chi connectivity index (χ1v) is 11.7. The van der Waals surface area contributed by atoms with Gasteiger partial charge < -0.3 is 24.4 Å². The highest BCUT2D eigenvalue weighted by atomic mass is 79.9. The van der Waals surface area contributed by atoms with Gasteiger partial charge in [-0.25, -0.2) is 9.69 Å². The number of nitrogens with zero attached hydrogens (tertiary/aromatic N) is 1. The Morgan fingerprint density at radius 1 is 1.25 bits per heavy atom. The van der Waals surface area contributed by atoms with Gasteiger partial charge in [-0.05, 0) is 54.6 Å². The molecule has 0 radical (unpaired) electrons. The van der Waals surface area contributed by atoms with E-state index in [1.54, 1.807) is 13.8 Å². The van der Waals surface area contributed by atoms with Crippen molar-refractivity contribution in [1.82, 2.24) is 4.90 Å². The summed E-state index contributed by atoms with van der Waals surface area (Å²) in [7, 11) is 1.25. The van der Waals surface area contributed by atoms with E-state index in [4.69, 9.17) is 19.3 Å². The number of rotatable bonds is 10. The third kappa shape index (κ3) is 5.59. The van der Waals surface area contributed by atoms with Crippen molar-refractivity contribution in [3.63, 3.8) is 0 Å². The maximum Gasteiger partial charge on any atom is 0.417 e. The van der Waals surface area contributed by atoms with Gasteiger partial charge >= 0.3 is 6.09 Å². The zero-order valence-corrected chi connectivity index (χ0v) is 20.9. The Morgan fingerprint density at radius 2 is 1.88 bits per heavy atom. The summed E-state index contributed by atoms with van der Waals surface area (Å²) in [4.78, 5) is 39.7. The molecule has 0 spiro atoms. The van der Waals surface area contributed by atoms with Gasteiger partial charge in [-0.15, -0.1) is 0 Å². The van der Waals surface area contributed by atoms with E-state index >= 15 is 0 Å². The lowest BCUT2D eigenvalue weighted by Crippen LogP contribution is -2.58. The fraction of sp³-hybridized carbons (Fsp3) is 0.773. The van der Waals surface area contributed by atoms with Crippen LogP contribution in [0, 0.1) is 5.92 Å². The highest BCUT2D eigenvalue weighted by molar-refractivity contribution is 9.11. The molecular weight excluding hydrogens is 486 g/mol. The molecule has 2 heterocycles. The molecule has 9 nitrogen and oxygen atoms in total. The maximum absolute atomic E-state index is 13.4. The fourth-order valence-electron chi connectivity index (χ4n) is 4.44. The minimum atomic E-state index is -1.81. The monoisotopic (exact) mass is 519 g/mol. The Kier molecular flexibility index (Phi) is 9.03. The number of cyclic esters (lactones) is 1.